The monoisotopic (exact) mass is 253 g/mol. The highest BCUT2D eigenvalue weighted by molar-refractivity contribution is 7.09. The zero-order chi connectivity index (χ0) is 11.2. The third-order valence-corrected chi connectivity index (χ3v) is 3.33. The van der Waals surface area contributed by atoms with Crippen LogP contribution in [0.25, 0.3) is 0 Å². The first-order valence-electron chi connectivity index (χ1n) is 5.04. The summed E-state index contributed by atoms with van der Waals surface area (Å²) in [5.41, 5.74) is 0.843. The van der Waals surface area contributed by atoms with Gasteiger partial charge in [-0.05, 0) is 17.5 Å². The SMILES string of the molecule is ClCc1cc(OCCc2cccs2)ccn1. The highest BCUT2D eigenvalue weighted by Gasteiger charge is 1.98. The number of pyridine rings is 1. The normalized spacial score (nSPS) is 10.3. The van der Waals surface area contributed by atoms with E-state index >= 15 is 0 Å². The van der Waals surface area contributed by atoms with Gasteiger partial charge in [-0.15, -0.1) is 22.9 Å². The third kappa shape index (κ3) is 3.22. The Kier molecular flexibility index (Phi) is 4.19. The zero-order valence-corrected chi connectivity index (χ0v) is 10.3. The number of rotatable bonds is 5. The van der Waals surface area contributed by atoms with Crippen LogP contribution in [0, 0.1) is 0 Å². The van der Waals surface area contributed by atoms with Gasteiger partial charge in [0.25, 0.3) is 0 Å². The minimum Gasteiger partial charge on any atom is -0.493 e. The molecule has 2 aromatic rings. The quantitative estimate of drug-likeness (QED) is 0.761. The number of thiophene rings is 1. The first kappa shape index (κ1) is 11.4. The van der Waals surface area contributed by atoms with Crippen LogP contribution in [0.5, 0.6) is 5.75 Å². The fraction of sp³-hybridized carbons (Fsp3) is 0.250. The summed E-state index contributed by atoms with van der Waals surface area (Å²) in [7, 11) is 0. The van der Waals surface area contributed by atoms with Crippen molar-refractivity contribution in [2.75, 3.05) is 6.61 Å². The summed E-state index contributed by atoms with van der Waals surface area (Å²) in [4.78, 5) is 5.45. The second-order valence-corrected chi connectivity index (χ2v) is 4.59. The predicted octanol–water partition coefficient (Wildman–Crippen LogP) is 3.50. The standard InChI is InChI=1S/C12H12ClNOS/c13-9-10-8-11(3-5-14-10)15-6-4-12-2-1-7-16-12/h1-3,5,7-8H,4,6,9H2. The van der Waals surface area contributed by atoms with Crippen LogP contribution < -0.4 is 4.74 Å². The topological polar surface area (TPSA) is 22.1 Å². The summed E-state index contributed by atoms with van der Waals surface area (Å²) in [6.07, 6.45) is 2.66. The minimum absolute atomic E-state index is 0.419. The van der Waals surface area contributed by atoms with Gasteiger partial charge < -0.3 is 4.74 Å². The Labute approximate surface area is 104 Å². The molecule has 0 unspecified atom stereocenters. The van der Waals surface area contributed by atoms with Gasteiger partial charge in [0.15, 0.2) is 0 Å². The molecule has 0 aromatic carbocycles. The summed E-state index contributed by atoms with van der Waals surface area (Å²) in [6.45, 7) is 0.687. The van der Waals surface area contributed by atoms with E-state index in [1.807, 2.05) is 12.1 Å². The lowest BCUT2D eigenvalue weighted by Gasteiger charge is -2.05. The second kappa shape index (κ2) is 5.87. The fourth-order valence-corrected chi connectivity index (χ4v) is 2.18. The van der Waals surface area contributed by atoms with Crippen molar-refractivity contribution >= 4 is 22.9 Å². The van der Waals surface area contributed by atoms with E-state index in [1.165, 1.54) is 4.88 Å². The highest BCUT2D eigenvalue weighted by atomic mass is 35.5. The Hall–Kier alpha value is -1.06. The summed E-state index contributed by atoms with van der Waals surface area (Å²) in [5.74, 6) is 1.25. The minimum atomic E-state index is 0.419. The fourth-order valence-electron chi connectivity index (χ4n) is 1.34. The van der Waals surface area contributed by atoms with Crippen LogP contribution in [0.1, 0.15) is 10.6 Å². The van der Waals surface area contributed by atoms with E-state index in [-0.39, 0.29) is 0 Å². The van der Waals surface area contributed by atoms with Crippen LogP contribution in [0.2, 0.25) is 0 Å². The van der Waals surface area contributed by atoms with Gasteiger partial charge in [-0.2, -0.15) is 0 Å². The molecule has 16 heavy (non-hydrogen) atoms. The molecule has 0 radical (unpaired) electrons. The Bertz CT molecular complexity index is 430. The number of halogens is 1. The zero-order valence-electron chi connectivity index (χ0n) is 8.73. The summed E-state index contributed by atoms with van der Waals surface area (Å²) in [6, 6.07) is 7.90. The smallest absolute Gasteiger partial charge is 0.122 e. The van der Waals surface area contributed by atoms with E-state index in [2.05, 4.69) is 22.5 Å². The number of aromatic nitrogens is 1. The Morgan fingerprint density at radius 3 is 3.06 bits per heavy atom. The molecule has 0 amide bonds. The van der Waals surface area contributed by atoms with Gasteiger partial charge in [0.1, 0.15) is 5.75 Å². The highest BCUT2D eigenvalue weighted by Crippen LogP contribution is 2.14. The Morgan fingerprint density at radius 1 is 1.38 bits per heavy atom. The van der Waals surface area contributed by atoms with Crippen molar-refractivity contribution in [3.05, 3.63) is 46.4 Å². The molecule has 2 heterocycles. The number of ether oxygens (including phenoxy) is 1. The molecule has 0 bridgehead atoms. The number of nitrogens with zero attached hydrogens (tertiary/aromatic N) is 1. The average Bonchev–Trinajstić information content (AvgIpc) is 2.82. The molecule has 0 saturated heterocycles. The molecule has 2 aromatic heterocycles. The van der Waals surface area contributed by atoms with Crippen molar-refractivity contribution in [1.82, 2.24) is 4.98 Å². The molecule has 0 spiro atoms. The van der Waals surface area contributed by atoms with Crippen LogP contribution in [0.3, 0.4) is 0 Å². The summed E-state index contributed by atoms with van der Waals surface area (Å²) < 4.78 is 5.63. The van der Waals surface area contributed by atoms with Crippen molar-refractivity contribution < 1.29 is 4.74 Å². The largest absolute Gasteiger partial charge is 0.493 e. The van der Waals surface area contributed by atoms with Crippen molar-refractivity contribution in [3.8, 4) is 5.75 Å². The first-order chi connectivity index (χ1) is 7.88. The second-order valence-electron chi connectivity index (χ2n) is 3.29. The number of alkyl halides is 1. The maximum atomic E-state index is 5.70. The summed E-state index contributed by atoms with van der Waals surface area (Å²) in [5, 5.41) is 2.08. The van der Waals surface area contributed by atoms with Gasteiger partial charge >= 0.3 is 0 Å². The predicted molar refractivity (Wildman–Crippen MR) is 67.3 cm³/mol. The number of hydrogen-bond donors (Lipinski definition) is 0. The molecule has 0 fully saturated rings. The Morgan fingerprint density at radius 2 is 2.31 bits per heavy atom. The lowest BCUT2D eigenvalue weighted by atomic mass is 10.3. The molecule has 4 heteroatoms. The molecule has 0 saturated carbocycles. The van der Waals surface area contributed by atoms with E-state index in [4.69, 9.17) is 16.3 Å². The molecule has 0 atom stereocenters. The lowest BCUT2D eigenvalue weighted by molar-refractivity contribution is 0.322. The van der Waals surface area contributed by atoms with Gasteiger partial charge in [0.2, 0.25) is 0 Å². The van der Waals surface area contributed by atoms with Crippen molar-refractivity contribution in [1.29, 1.82) is 0 Å². The van der Waals surface area contributed by atoms with Crippen LogP contribution in [0.4, 0.5) is 0 Å². The van der Waals surface area contributed by atoms with Crippen LogP contribution in [0.15, 0.2) is 35.8 Å². The van der Waals surface area contributed by atoms with Crippen molar-refractivity contribution in [3.63, 3.8) is 0 Å². The van der Waals surface area contributed by atoms with Crippen molar-refractivity contribution in [2.24, 2.45) is 0 Å². The molecule has 0 aliphatic heterocycles. The number of hydrogen-bond acceptors (Lipinski definition) is 3. The van der Waals surface area contributed by atoms with E-state index < -0.39 is 0 Å². The maximum absolute atomic E-state index is 5.70. The first-order valence-corrected chi connectivity index (χ1v) is 6.46. The molecule has 2 rings (SSSR count). The lowest BCUT2D eigenvalue weighted by Crippen LogP contribution is -2.00. The van der Waals surface area contributed by atoms with Gasteiger partial charge in [0.05, 0.1) is 18.2 Å². The van der Waals surface area contributed by atoms with Crippen LogP contribution in [-0.2, 0) is 12.3 Å². The molecule has 84 valence electrons. The van der Waals surface area contributed by atoms with E-state index in [0.717, 1.165) is 17.9 Å². The van der Waals surface area contributed by atoms with Gasteiger partial charge in [0, 0.05) is 23.6 Å². The molecule has 2 nitrogen and oxygen atoms in total. The third-order valence-electron chi connectivity index (χ3n) is 2.12. The van der Waals surface area contributed by atoms with E-state index in [9.17, 15) is 0 Å². The molecule has 0 N–H and O–H groups in total. The average molecular weight is 254 g/mol. The molecular weight excluding hydrogens is 242 g/mol. The molecular formula is C12H12ClNOS. The molecule has 0 aliphatic rings. The maximum Gasteiger partial charge on any atom is 0.122 e. The van der Waals surface area contributed by atoms with E-state index in [1.54, 1.807) is 17.5 Å². The van der Waals surface area contributed by atoms with Gasteiger partial charge in [-0.3, -0.25) is 4.98 Å². The molecule has 0 aliphatic carbocycles. The van der Waals surface area contributed by atoms with Crippen LogP contribution >= 0.6 is 22.9 Å². The van der Waals surface area contributed by atoms with Crippen molar-refractivity contribution in [2.45, 2.75) is 12.3 Å². The van der Waals surface area contributed by atoms with Gasteiger partial charge in [-0.25, -0.2) is 0 Å². The van der Waals surface area contributed by atoms with Gasteiger partial charge in [-0.1, -0.05) is 6.07 Å². The van der Waals surface area contributed by atoms with Crippen LogP contribution in [-0.4, -0.2) is 11.6 Å². The van der Waals surface area contributed by atoms with E-state index in [0.29, 0.717) is 12.5 Å². The summed E-state index contributed by atoms with van der Waals surface area (Å²) >= 11 is 7.45. The Balaban J connectivity index is 1.85.